The molecule has 0 unspecified atom stereocenters. The maximum atomic E-state index is 11.2. The van der Waals surface area contributed by atoms with E-state index in [9.17, 15) is 4.79 Å². The second-order valence-corrected chi connectivity index (χ2v) is 5.68. The van der Waals surface area contributed by atoms with Crippen molar-refractivity contribution in [1.29, 1.82) is 0 Å². The molecule has 0 aliphatic heterocycles. The van der Waals surface area contributed by atoms with Crippen molar-refractivity contribution in [2.45, 2.75) is 69.2 Å². The summed E-state index contributed by atoms with van der Waals surface area (Å²) >= 11 is 0. The van der Waals surface area contributed by atoms with Crippen LogP contribution in [0, 0.1) is 0 Å². The van der Waals surface area contributed by atoms with Gasteiger partial charge in [0.05, 0.1) is 0 Å². The van der Waals surface area contributed by atoms with E-state index in [1.807, 2.05) is 93.5 Å². The monoisotopic (exact) mass is 501 g/mol. The van der Waals surface area contributed by atoms with Crippen molar-refractivity contribution in [1.82, 2.24) is 9.97 Å². The van der Waals surface area contributed by atoms with E-state index in [1.165, 1.54) is 11.2 Å². The number of nitrogens with zero attached hydrogens (tertiary/aromatic N) is 4. The second-order valence-electron chi connectivity index (χ2n) is 5.68. The Hall–Kier alpha value is -3.61. The van der Waals surface area contributed by atoms with Crippen LogP contribution in [0.15, 0.2) is 79.2 Å². The van der Waals surface area contributed by atoms with Crippen molar-refractivity contribution in [3.63, 3.8) is 0 Å². The van der Waals surface area contributed by atoms with E-state index in [2.05, 4.69) is 23.1 Å². The molecule has 0 radical (unpaired) electrons. The molecular weight excluding hydrogens is 450 g/mol. The summed E-state index contributed by atoms with van der Waals surface area (Å²) in [4.78, 5) is 22.4. The zero-order chi connectivity index (χ0) is 29.1. The molecule has 1 aromatic rings. The van der Waals surface area contributed by atoms with Gasteiger partial charge in [-0.15, -0.1) is 0 Å². The molecule has 0 aliphatic carbocycles. The van der Waals surface area contributed by atoms with Crippen LogP contribution in [0.4, 0.5) is 17.3 Å². The first-order valence-electron chi connectivity index (χ1n) is 12.6. The van der Waals surface area contributed by atoms with E-state index in [4.69, 9.17) is 10.5 Å². The molecule has 0 fully saturated rings. The summed E-state index contributed by atoms with van der Waals surface area (Å²) in [5.41, 5.74) is 7.24. The predicted molar refractivity (Wildman–Crippen MR) is 161 cm³/mol. The Morgan fingerprint density at radius 2 is 1.50 bits per heavy atom. The number of nitrogen functional groups attached to an aromatic ring is 1. The van der Waals surface area contributed by atoms with Gasteiger partial charge >= 0.3 is 0 Å². The van der Waals surface area contributed by atoms with Crippen molar-refractivity contribution in [2.24, 2.45) is 0 Å². The largest absolute Gasteiger partial charge is 0.462 e. The van der Waals surface area contributed by atoms with Crippen LogP contribution in [0.1, 0.15) is 69.2 Å². The Balaban J connectivity index is -0.000000579. The number of anilines is 3. The minimum absolute atomic E-state index is 0.245. The fourth-order valence-corrected chi connectivity index (χ4v) is 2.22. The number of allylic oxidation sites excluding steroid dienone is 8. The lowest BCUT2D eigenvalue weighted by Gasteiger charge is -2.25. The lowest BCUT2D eigenvalue weighted by molar-refractivity contribution is -0.107. The lowest BCUT2D eigenvalue weighted by atomic mass is 10.2. The molecule has 0 aromatic carbocycles. The molecule has 0 spiro atoms. The summed E-state index contributed by atoms with van der Waals surface area (Å²) < 4.78 is 5.74. The van der Waals surface area contributed by atoms with E-state index in [-0.39, 0.29) is 5.82 Å². The number of amides is 1. The van der Waals surface area contributed by atoms with Crippen molar-refractivity contribution in [3.05, 3.63) is 79.2 Å². The van der Waals surface area contributed by atoms with Gasteiger partial charge in [-0.25, -0.2) is 9.97 Å². The Morgan fingerprint density at radius 1 is 0.944 bits per heavy atom. The summed E-state index contributed by atoms with van der Waals surface area (Å²) in [6.07, 6.45) is 14.4. The molecule has 0 bridgehead atoms. The fourth-order valence-electron chi connectivity index (χ4n) is 2.22. The Bertz CT molecular complexity index is 840. The molecular formula is C29H51N5O2. The SMILES string of the molecule is C=C/C(=C\C=C/C)O/C(C)=C/C=C(\C=C)N(C)c1c(N)ncnc1N(C)C=O.CC.CC.CC.CC. The summed E-state index contributed by atoms with van der Waals surface area (Å²) in [5, 5.41) is 0. The predicted octanol–water partition coefficient (Wildman–Crippen LogP) is 7.83. The summed E-state index contributed by atoms with van der Waals surface area (Å²) in [6.45, 7) is 27.3. The van der Waals surface area contributed by atoms with Crippen LogP contribution in [-0.2, 0) is 9.53 Å². The molecule has 0 saturated carbocycles. The Kier molecular flexibility index (Phi) is 30.4. The van der Waals surface area contributed by atoms with Crippen LogP contribution in [0.25, 0.3) is 0 Å². The van der Waals surface area contributed by atoms with Crippen molar-refractivity contribution < 1.29 is 9.53 Å². The lowest BCUT2D eigenvalue weighted by Crippen LogP contribution is -2.24. The van der Waals surface area contributed by atoms with Gasteiger partial charge in [-0.3, -0.25) is 4.79 Å². The molecule has 7 heteroatoms. The molecule has 1 heterocycles. The standard InChI is InChI=1S/C21H27N5O2.4C2H6/c1-7-10-11-18(9-3)28-16(4)12-13-17(8-2)26(6)19-20(22)23-14-24-21(19)25(5)15-27;4*1-2/h7-15H,2-3H2,1,4-6H3,(H2,22,23,24);4*1-2H3/b10-7-,16-12+,17-13+,18-11+;;;;. The number of aromatic nitrogens is 2. The number of rotatable bonds is 10. The van der Waals surface area contributed by atoms with Crippen LogP contribution >= 0.6 is 0 Å². The molecule has 2 N–H and O–H groups in total. The third kappa shape index (κ3) is 15.3. The maximum Gasteiger partial charge on any atom is 0.215 e. The first-order valence-corrected chi connectivity index (χ1v) is 12.6. The minimum atomic E-state index is 0.245. The molecule has 0 saturated heterocycles. The highest BCUT2D eigenvalue weighted by atomic mass is 16.5. The first-order chi connectivity index (χ1) is 17.4. The van der Waals surface area contributed by atoms with Crippen molar-refractivity contribution in [3.8, 4) is 0 Å². The molecule has 1 amide bonds. The number of hydrogen-bond acceptors (Lipinski definition) is 6. The highest BCUT2D eigenvalue weighted by Crippen LogP contribution is 2.32. The number of carbonyl (C=O) groups is 1. The van der Waals surface area contributed by atoms with Gasteiger partial charge in [0.15, 0.2) is 11.6 Å². The normalized spacial score (nSPS) is 10.5. The third-order valence-electron chi connectivity index (χ3n) is 3.68. The molecule has 0 aliphatic rings. The summed E-state index contributed by atoms with van der Waals surface area (Å²) in [7, 11) is 3.38. The highest BCUT2D eigenvalue weighted by molar-refractivity contribution is 5.86. The van der Waals surface area contributed by atoms with Crippen LogP contribution in [0.3, 0.4) is 0 Å². The topological polar surface area (TPSA) is 84.6 Å². The van der Waals surface area contributed by atoms with Crippen molar-refractivity contribution in [2.75, 3.05) is 29.6 Å². The molecule has 0 atom stereocenters. The molecule has 7 nitrogen and oxygen atoms in total. The quantitative estimate of drug-likeness (QED) is 0.200. The van der Waals surface area contributed by atoms with E-state index in [1.54, 1.807) is 37.2 Å². The van der Waals surface area contributed by atoms with Gasteiger partial charge in [0.2, 0.25) is 6.41 Å². The van der Waals surface area contributed by atoms with Gasteiger partial charge in [-0.05, 0) is 44.2 Å². The van der Waals surface area contributed by atoms with Crippen LogP contribution in [0.5, 0.6) is 0 Å². The molecule has 1 aromatic heterocycles. The highest BCUT2D eigenvalue weighted by Gasteiger charge is 2.18. The van der Waals surface area contributed by atoms with Gasteiger partial charge in [0.25, 0.3) is 0 Å². The van der Waals surface area contributed by atoms with E-state index < -0.39 is 0 Å². The molecule has 36 heavy (non-hydrogen) atoms. The zero-order valence-corrected chi connectivity index (χ0v) is 24.8. The van der Waals surface area contributed by atoms with Gasteiger partial charge in [0.1, 0.15) is 23.5 Å². The van der Waals surface area contributed by atoms with Gasteiger partial charge in [-0.1, -0.05) is 80.7 Å². The first kappa shape index (κ1) is 39.6. The minimum Gasteiger partial charge on any atom is -0.462 e. The number of hydrogen-bond donors (Lipinski definition) is 1. The Labute approximate surface area is 221 Å². The van der Waals surface area contributed by atoms with Gasteiger partial charge in [0, 0.05) is 19.8 Å². The number of likely N-dealkylation sites (N-methyl/N-ethyl adjacent to an activating group) is 1. The number of ether oxygens (including phenoxy) is 1. The molecule has 204 valence electrons. The number of nitrogens with two attached hydrogens (primary N) is 1. The van der Waals surface area contributed by atoms with Crippen molar-refractivity contribution >= 4 is 23.7 Å². The fraction of sp³-hybridized carbons (Fsp3) is 0.414. The second kappa shape index (κ2) is 27.6. The average Bonchev–Trinajstić information content (AvgIpc) is 2.94. The van der Waals surface area contributed by atoms with Gasteiger partial charge < -0.3 is 20.3 Å². The van der Waals surface area contributed by atoms with E-state index >= 15 is 0 Å². The maximum absolute atomic E-state index is 11.2. The Morgan fingerprint density at radius 3 is 1.94 bits per heavy atom. The molecule has 1 rings (SSSR count). The van der Waals surface area contributed by atoms with Crippen LogP contribution < -0.4 is 15.5 Å². The van der Waals surface area contributed by atoms with Crippen LogP contribution in [0.2, 0.25) is 0 Å². The van der Waals surface area contributed by atoms with Crippen LogP contribution in [-0.4, -0.2) is 30.5 Å². The smallest absolute Gasteiger partial charge is 0.215 e. The van der Waals surface area contributed by atoms with Gasteiger partial charge in [-0.2, -0.15) is 0 Å². The van der Waals surface area contributed by atoms with E-state index in [0.717, 1.165) is 0 Å². The van der Waals surface area contributed by atoms with E-state index in [0.29, 0.717) is 35.1 Å². The summed E-state index contributed by atoms with van der Waals surface area (Å²) in [6, 6.07) is 0. The number of carbonyl (C=O) groups excluding carboxylic acids is 1. The summed E-state index contributed by atoms with van der Waals surface area (Å²) in [5.74, 6) is 1.92. The zero-order valence-electron chi connectivity index (χ0n) is 24.8. The average molecular weight is 502 g/mol. The third-order valence-corrected chi connectivity index (χ3v) is 3.68.